The highest BCUT2D eigenvalue weighted by atomic mass is 35.5. The van der Waals surface area contributed by atoms with Gasteiger partial charge in [-0.3, -0.25) is 19.4 Å². The Kier molecular flexibility index (Phi) is 5.06. The van der Waals surface area contributed by atoms with Gasteiger partial charge in [-0.15, -0.1) is 11.3 Å². The predicted molar refractivity (Wildman–Crippen MR) is 121 cm³/mol. The predicted octanol–water partition coefficient (Wildman–Crippen LogP) is 3.36. The fraction of sp³-hybridized carbons (Fsp3) is 0.286. The van der Waals surface area contributed by atoms with Crippen LogP contribution < -0.4 is 10.5 Å². The second-order valence-corrected chi connectivity index (χ2v) is 9.04. The first-order valence-electron chi connectivity index (χ1n) is 9.81. The minimum Gasteiger partial charge on any atom is -0.340 e. The number of hydrogen-bond acceptors (Lipinski definition) is 6. The van der Waals surface area contributed by atoms with Gasteiger partial charge in [0.15, 0.2) is 5.65 Å². The summed E-state index contributed by atoms with van der Waals surface area (Å²) in [6.07, 6.45) is 1.56. The second kappa shape index (κ2) is 7.86. The van der Waals surface area contributed by atoms with Gasteiger partial charge in [-0.25, -0.2) is 0 Å². The Balaban J connectivity index is 1.25. The lowest BCUT2D eigenvalue weighted by molar-refractivity contribution is 0.251. The standard InChI is InChI=1S/C21H21ClN6OS/c1-26-19-17(12-23-26)20(29)25-21(24-19)28-9-7-27(8-10-28)13-16-5-6-18(30-16)14-3-2-4-15(22)11-14/h2-6,11-12H,7-10,13H2,1H3,(H,24,25,29). The normalized spacial score (nSPS) is 15.2. The number of aryl methyl sites for hydroxylation is 1. The average molecular weight is 441 g/mol. The molecule has 0 saturated carbocycles. The number of rotatable bonds is 4. The molecule has 0 bridgehead atoms. The summed E-state index contributed by atoms with van der Waals surface area (Å²) in [6.45, 7) is 4.39. The van der Waals surface area contributed by atoms with Crippen LogP contribution in [0.3, 0.4) is 0 Å². The summed E-state index contributed by atoms with van der Waals surface area (Å²) >= 11 is 7.93. The molecule has 4 heterocycles. The Labute approximate surface area is 182 Å². The van der Waals surface area contributed by atoms with E-state index in [-0.39, 0.29) is 5.56 Å². The summed E-state index contributed by atoms with van der Waals surface area (Å²) < 4.78 is 1.64. The number of thiophene rings is 1. The number of fused-ring (bicyclic) bond motifs is 1. The van der Waals surface area contributed by atoms with Crippen molar-refractivity contribution in [2.75, 3.05) is 31.1 Å². The SMILES string of the molecule is Cn1ncc2c(=O)[nH]c(N3CCN(Cc4ccc(-c5cccc(Cl)c5)s4)CC3)nc21. The molecular weight excluding hydrogens is 420 g/mol. The maximum atomic E-state index is 12.3. The van der Waals surface area contributed by atoms with Gasteiger partial charge in [0.2, 0.25) is 5.95 Å². The van der Waals surface area contributed by atoms with Crippen molar-refractivity contribution in [3.8, 4) is 10.4 Å². The number of aromatic nitrogens is 4. The van der Waals surface area contributed by atoms with Crippen LogP contribution in [0.2, 0.25) is 5.02 Å². The van der Waals surface area contributed by atoms with Crippen LogP contribution in [0.4, 0.5) is 5.95 Å². The lowest BCUT2D eigenvalue weighted by Gasteiger charge is -2.34. The van der Waals surface area contributed by atoms with E-state index in [1.807, 2.05) is 29.5 Å². The van der Waals surface area contributed by atoms with E-state index in [0.29, 0.717) is 17.0 Å². The average Bonchev–Trinajstić information content (AvgIpc) is 3.36. The molecule has 1 aromatic carbocycles. The molecule has 5 rings (SSSR count). The van der Waals surface area contributed by atoms with E-state index >= 15 is 0 Å². The van der Waals surface area contributed by atoms with Crippen molar-refractivity contribution in [2.45, 2.75) is 6.54 Å². The maximum absolute atomic E-state index is 12.3. The fourth-order valence-electron chi connectivity index (χ4n) is 3.77. The van der Waals surface area contributed by atoms with Crippen molar-refractivity contribution in [3.63, 3.8) is 0 Å². The third-order valence-corrected chi connectivity index (χ3v) is 6.77. The molecule has 0 unspecified atom stereocenters. The highest BCUT2D eigenvalue weighted by Gasteiger charge is 2.21. The number of H-pyrrole nitrogens is 1. The second-order valence-electron chi connectivity index (χ2n) is 7.43. The summed E-state index contributed by atoms with van der Waals surface area (Å²) in [5.41, 5.74) is 1.63. The summed E-state index contributed by atoms with van der Waals surface area (Å²) in [4.78, 5) is 27.0. The van der Waals surface area contributed by atoms with Crippen LogP contribution in [0, 0.1) is 0 Å². The molecule has 0 spiro atoms. The lowest BCUT2D eigenvalue weighted by atomic mass is 10.2. The first-order chi connectivity index (χ1) is 14.6. The zero-order chi connectivity index (χ0) is 20.7. The molecule has 0 atom stereocenters. The van der Waals surface area contributed by atoms with Gasteiger partial charge in [0.1, 0.15) is 5.39 Å². The molecule has 1 saturated heterocycles. The van der Waals surface area contributed by atoms with Crippen LogP contribution in [0.1, 0.15) is 4.88 Å². The Morgan fingerprint density at radius 1 is 1.17 bits per heavy atom. The first kappa shape index (κ1) is 19.3. The molecule has 154 valence electrons. The number of halogens is 1. The maximum Gasteiger partial charge on any atom is 0.263 e. The summed E-state index contributed by atoms with van der Waals surface area (Å²) in [5.74, 6) is 0.620. The third-order valence-electron chi connectivity index (χ3n) is 5.41. The lowest BCUT2D eigenvalue weighted by Crippen LogP contribution is -2.46. The number of nitrogens with zero attached hydrogens (tertiary/aromatic N) is 5. The Hall–Kier alpha value is -2.68. The van der Waals surface area contributed by atoms with E-state index < -0.39 is 0 Å². The monoisotopic (exact) mass is 440 g/mol. The molecule has 30 heavy (non-hydrogen) atoms. The van der Waals surface area contributed by atoms with Crippen molar-refractivity contribution in [3.05, 3.63) is 62.8 Å². The van der Waals surface area contributed by atoms with Crippen LogP contribution in [0.15, 0.2) is 47.4 Å². The Morgan fingerprint density at radius 2 is 2.00 bits per heavy atom. The molecule has 1 aliphatic heterocycles. The van der Waals surface area contributed by atoms with E-state index in [9.17, 15) is 4.79 Å². The van der Waals surface area contributed by atoms with Gasteiger partial charge in [0.05, 0.1) is 6.20 Å². The minimum absolute atomic E-state index is 0.141. The topological polar surface area (TPSA) is 70.1 Å². The van der Waals surface area contributed by atoms with Gasteiger partial charge in [-0.2, -0.15) is 10.1 Å². The van der Waals surface area contributed by atoms with Crippen molar-refractivity contribution >= 4 is 39.9 Å². The number of benzene rings is 1. The number of nitrogens with one attached hydrogen (secondary N) is 1. The van der Waals surface area contributed by atoms with E-state index in [0.717, 1.165) is 43.3 Å². The Morgan fingerprint density at radius 3 is 2.80 bits per heavy atom. The van der Waals surface area contributed by atoms with E-state index in [2.05, 4.69) is 43.1 Å². The molecular formula is C21H21ClN6OS. The van der Waals surface area contributed by atoms with Crippen LogP contribution in [0.25, 0.3) is 21.5 Å². The van der Waals surface area contributed by atoms with Crippen LogP contribution in [-0.4, -0.2) is 50.8 Å². The fourth-order valence-corrected chi connectivity index (χ4v) is 5.01. The highest BCUT2D eigenvalue weighted by Crippen LogP contribution is 2.30. The molecule has 4 aromatic rings. The van der Waals surface area contributed by atoms with Crippen LogP contribution in [0.5, 0.6) is 0 Å². The van der Waals surface area contributed by atoms with Crippen molar-refractivity contribution in [1.82, 2.24) is 24.6 Å². The quantitative estimate of drug-likeness (QED) is 0.527. The summed E-state index contributed by atoms with van der Waals surface area (Å²) in [5, 5.41) is 5.41. The van der Waals surface area contributed by atoms with Gasteiger partial charge in [-0.1, -0.05) is 23.7 Å². The molecule has 3 aromatic heterocycles. The summed E-state index contributed by atoms with van der Waals surface area (Å²) in [7, 11) is 1.80. The van der Waals surface area contributed by atoms with Gasteiger partial charge in [0.25, 0.3) is 5.56 Å². The van der Waals surface area contributed by atoms with Gasteiger partial charge < -0.3 is 4.90 Å². The number of piperazine rings is 1. The third kappa shape index (κ3) is 3.74. The van der Waals surface area contributed by atoms with Crippen molar-refractivity contribution in [1.29, 1.82) is 0 Å². The van der Waals surface area contributed by atoms with Crippen LogP contribution >= 0.6 is 22.9 Å². The molecule has 0 aliphatic carbocycles. The largest absolute Gasteiger partial charge is 0.340 e. The molecule has 1 aliphatic rings. The molecule has 0 amide bonds. The number of hydrogen-bond donors (Lipinski definition) is 1. The molecule has 1 N–H and O–H groups in total. The van der Waals surface area contributed by atoms with E-state index in [4.69, 9.17) is 11.6 Å². The van der Waals surface area contributed by atoms with Gasteiger partial charge in [-0.05, 0) is 29.8 Å². The molecule has 7 nitrogen and oxygen atoms in total. The zero-order valence-corrected chi connectivity index (χ0v) is 18.1. The zero-order valence-electron chi connectivity index (χ0n) is 16.5. The van der Waals surface area contributed by atoms with Crippen molar-refractivity contribution in [2.24, 2.45) is 7.05 Å². The molecule has 9 heteroatoms. The first-order valence-corrected chi connectivity index (χ1v) is 11.0. The van der Waals surface area contributed by atoms with E-state index in [1.54, 1.807) is 17.9 Å². The van der Waals surface area contributed by atoms with Crippen LogP contribution in [-0.2, 0) is 13.6 Å². The molecule has 0 radical (unpaired) electrons. The smallest absolute Gasteiger partial charge is 0.263 e. The number of aromatic amines is 1. The van der Waals surface area contributed by atoms with E-state index in [1.165, 1.54) is 9.75 Å². The highest BCUT2D eigenvalue weighted by molar-refractivity contribution is 7.15. The number of anilines is 1. The van der Waals surface area contributed by atoms with Gasteiger partial charge >= 0.3 is 0 Å². The molecule has 1 fully saturated rings. The summed E-state index contributed by atoms with van der Waals surface area (Å²) in [6, 6.07) is 12.3. The minimum atomic E-state index is -0.141. The van der Waals surface area contributed by atoms with Crippen molar-refractivity contribution < 1.29 is 0 Å². The Bertz CT molecular complexity index is 1250. The van der Waals surface area contributed by atoms with Gasteiger partial charge in [0, 0.05) is 54.5 Å².